The summed E-state index contributed by atoms with van der Waals surface area (Å²) in [6.07, 6.45) is 2.80. The van der Waals surface area contributed by atoms with Crippen molar-refractivity contribution in [3.8, 4) is 22.6 Å². The molecule has 6 nitrogen and oxygen atoms in total. The number of likely N-dealkylation sites (tertiary alicyclic amines) is 1. The van der Waals surface area contributed by atoms with Gasteiger partial charge in [0.1, 0.15) is 5.69 Å². The molecular weight excluding hydrogens is 402 g/mol. The van der Waals surface area contributed by atoms with Gasteiger partial charge in [0.15, 0.2) is 11.7 Å². The van der Waals surface area contributed by atoms with Gasteiger partial charge in [0, 0.05) is 56.8 Å². The molecule has 1 aliphatic rings. The summed E-state index contributed by atoms with van der Waals surface area (Å²) in [7, 11) is 1.73. The Morgan fingerprint density at radius 2 is 1.72 bits per heavy atom. The highest BCUT2D eigenvalue weighted by Gasteiger charge is 2.21. The number of benzene rings is 2. The molecule has 2 aromatic carbocycles. The molecule has 0 spiro atoms. The van der Waals surface area contributed by atoms with E-state index < -0.39 is 0 Å². The van der Waals surface area contributed by atoms with Crippen LogP contribution in [-0.4, -0.2) is 55.2 Å². The van der Waals surface area contributed by atoms with Crippen LogP contribution in [0.3, 0.4) is 0 Å². The summed E-state index contributed by atoms with van der Waals surface area (Å²) in [4.78, 5) is 19.7. The van der Waals surface area contributed by atoms with Crippen molar-refractivity contribution in [1.82, 2.24) is 15.2 Å². The van der Waals surface area contributed by atoms with Crippen LogP contribution in [0.1, 0.15) is 25.2 Å². The Hall–Kier alpha value is -2.96. The van der Waals surface area contributed by atoms with Crippen molar-refractivity contribution in [1.29, 1.82) is 0 Å². The molecule has 0 unspecified atom stereocenters. The van der Waals surface area contributed by atoms with Crippen LogP contribution >= 0.6 is 0 Å². The number of nitrogens with zero attached hydrogens (tertiary/aromatic N) is 2. The minimum Gasteiger partial charge on any atom is -0.440 e. The van der Waals surface area contributed by atoms with Gasteiger partial charge in [-0.2, -0.15) is 0 Å². The molecule has 3 aromatic rings. The van der Waals surface area contributed by atoms with E-state index in [4.69, 9.17) is 14.1 Å². The van der Waals surface area contributed by atoms with Crippen LogP contribution in [0, 0.1) is 0 Å². The highest BCUT2D eigenvalue weighted by atomic mass is 16.5. The molecule has 0 aliphatic carbocycles. The lowest BCUT2D eigenvalue weighted by Crippen LogP contribution is -2.45. The van der Waals surface area contributed by atoms with E-state index in [2.05, 4.69) is 10.2 Å². The number of hydrogen-bond donors (Lipinski definition) is 1. The van der Waals surface area contributed by atoms with Gasteiger partial charge in [-0.3, -0.25) is 4.79 Å². The van der Waals surface area contributed by atoms with Gasteiger partial charge >= 0.3 is 0 Å². The van der Waals surface area contributed by atoms with Crippen molar-refractivity contribution in [3.63, 3.8) is 0 Å². The number of nitrogens with one attached hydrogen (secondary N) is 1. The van der Waals surface area contributed by atoms with E-state index in [1.807, 2.05) is 60.7 Å². The van der Waals surface area contributed by atoms with E-state index >= 15 is 0 Å². The first-order chi connectivity index (χ1) is 15.7. The van der Waals surface area contributed by atoms with Gasteiger partial charge in [0.25, 0.3) is 0 Å². The Balaban J connectivity index is 1.36. The SMILES string of the molecule is COCCN1CCC(NC(=O)CCc2nc(-c3ccccc3)c(-c3ccccc3)o2)CC1. The highest BCUT2D eigenvalue weighted by molar-refractivity contribution is 5.78. The predicted octanol–water partition coefficient (Wildman–Crippen LogP) is 4.17. The van der Waals surface area contributed by atoms with Crippen molar-refractivity contribution in [3.05, 3.63) is 66.6 Å². The first-order valence-electron chi connectivity index (χ1n) is 11.3. The molecule has 1 aromatic heterocycles. The van der Waals surface area contributed by atoms with Crippen LogP contribution in [0.4, 0.5) is 0 Å². The quantitative estimate of drug-likeness (QED) is 0.549. The van der Waals surface area contributed by atoms with Crippen molar-refractivity contribution >= 4 is 5.91 Å². The molecule has 0 saturated carbocycles. The maximum atomic E-state index is 12.6. The smallest absolute Gasteiger partial charge is 0.220 e. The predicted molar refractivity (Wildman–Crippen MR) is 125 cm³/mol. The molecule has 2 heterocycles. The van der Waals surface area contributed by atoms with Crippen LogP contribution < -0.4 is 5.32 Å². The van der Waals surface area contributed by atoms with Gasteiger partial charge in [-0.25, -0.2) is 4.98 Å². The molecule has 1 fully saturated rings. The van der Waals surface area contributed by atoms with E-state index in [-0.39, 0.29) is 11.9 Å². The number of aromatic nitrogens is 1. The number of methoxy groups -OCH3 is 1. The zero-order valence-electron chi connectivity index (χ0n) is 18.6. The first kappa shape index (κ1) is 22.2. The Morgan fingerprint density at radius 3 is 2.38 bits per heavy atom. The standard InChI is InChI=1S/C26H31N3O3/c1-31-19-18-29-16-14-22(15-17-29)27-23(30)12-13-24-28-25(20-8-4-2-5-9-20)26(32-24)21-10-6-3-7-11-21/h2-11,22H,12-19H2,1H3,(H,27,30). The van der Waals surface area contributed by atoms with Gasteiger partial charge < -0.3 is 19.4 Å². The molecule has 1 aliphatic heterocycles. The Bertz CT molecular complexity index is 923. The number of carbonyl (C=O) groups excluding carboxylic acids is 1. The third-order valence-electron chi connectivity index (χ3n) is 5.88. The van der Waals surface area contributed by atoms with Gasteiger partial charge in [-0.1, -0.05) is 60.7 Å². The van der Waals surface area contributed by atoms with E-state index in [9.17, 15) is 4.79 Å². The van der Waals surface area contributed by atoms with Crippen LogP contribution in [0.5, 0.6) is 0 Å². The summed E-state index contributed by atoms with van der Waals surface area (Å²) in [6, 6.07) is 20.3. The zero-order valence-corrected chi connectivity index (χ0v) is 18.6. The average molecular weight is 434 g/mol. The second kappa shape index (κ2) is 11.1. The van der Waals surface area contributed by atoms with E-state index in [1.165, 1.54) is 0 Å². The molecule has 1 N–H and O–H groups in total. The molecule has 1 amide bonds. The fourth-order valence-corrected chi connectivity index (χ4v) is 4.09. The average Bonchev–Trinajstić information content (AvgIpc) is 3.28. The molecule has 1 saturated heterocycles. The second-order valence-electron chi connectivity index (χ2n) is 8.19. The lowest BCUT2D eigenvalue weighted by molar-refractivity contribution is -0.122. The molecule has 0 atom stereocenters. The molecule has 0 bridgehead atoms. The van der Waals surface area contributed by atoms with Crippen LogP contribution in [0.15, 0.2) is 65.1 Å². The van der Waals surface area contributed by atoms with Gasteiger partial charge in [-0.15, -0.1) is 0 Å². The monoisotopic (exact) mass is 433 g/mol. The summed E-state index contributed by atoms with van der Waals surface area (Å²) in [5.41, 5.74) is 2.80. The normalized spacial score (nSPS) is 15.0. The number of aryl methyl sites for hydroxylation is 1. The number of hydrogen-bond acceptors (Lipinski definition) is 5. The van der Waals surface area contributed by atoms with E-state index in [0.29, 0.717) is 18.7 Å². The van der Waals surface area contributed by atoms with Crippen LogP contribution in [-0.2, 0) is 16.0 Å². The summed E-state index contributed by atoms with van der Waals surface area (Å²) in [5, 5.41) is 3.18. The van der Waals surface area contributed by atoms with Crippen LogP contribution in [0.2, 0.25) is 0 Å². The maximum Gasteiger partial charge on any atom is 0.220 e. The molecule has 4 rings (SSSR count). The third kappa shape index (κ3) is 5.84. The lowest BCUT2D eigenvalue weighted by Gasteiger charge is -2.32. The minimum atomic E-state index is 0.0565. The second-order valence-corrected chi connectivity index (χ2v) is 8.19. The lowest BCUT2D eigenvalue weighted by atomic mass is 10.0. The van der Waals surface area contributed by atoms with Gasteiger partial charge in [0.05, 0.1) is 6.61 Å². The zero-order chi connectivity index (χ0) is 22.2. The number of oxazole rings is 1. The van der Waals surface area contributed by atoms with E-state index in [0.717, 1.165) is 61.7 Å². The summed E-state index contributed by atoms with van der Waals surface area (Å²) in [5.74, 6) is 1.39. The Kier molecular flexibility index (Phi) is 7.69. The number of ether oxygens (including phenoxy) is 1. The minimum absolute atomic E-state index is 0.0565. The number of piperidine rings is 1. The third-order valence-corrected chi connectivity index (χ3v) is 5.88. The Labute approximate surface area is 189 Å². The number of rotatable bonds is 9. The summed E-state index contributed by atoms with van der Waals surface area (Å²) in [6.45, 7) is 3.70. The highest BCUT2D eigenvalue weighted by Crippen LogP contribution is 2.32. The van der Waals surface area contributed by atoms with Gasteiger partial charge in [-0.05, 0) is 12.8 Å². The number of carbonyl (C=O) groups is 1. The molecule has 168 valence electrons. The van der Waals surface area contributed by atoms with E-state index in [1.54, 1.807) is 7.11 Å². The topological polar surface area (TPSA) is 67.6 Å². The van der Waals surface area contributed by atoms with Gasteiger partial charge in [0.2, 0.25) is 5.91 Å². The van der Waals surface area contributed by atoms with Crippen LogP contribution in [0.25, 0.3) is 22.6 Å². The maximum absolute atomic E-state index is 12.6. The van der Waals surface area contributed by atoms with Crippen molar-refractivity contribution in [2.75, 3.05) is 33.4 Å². The fourth-order valence-electron chi connectivity index (χ4n) is 4.09. The van der Waals surface area contributed by atoms with Crippen molar-refractivity contribution in [2.24, 2.45) is 0 Å². The van der Waals surface area contributed by atoms with Crippen molar-refractivity contribution in [2.45, 2.75) is 31.7 Å². The fraction of sp³-hybridized carbons (Fsp3) is 0.385. The number of amides is 1. The molecule has 32 heavy (non-hydrogen) atoms. The first-order valence-corrected chi connectivity index (χ1v) is 11.3. The van der Waals surface area contributed by atoms with Crippen molar-refractivity contribution < 1.29 is 13.9 Å². The molecular formula is C26H31N3O3. The largest absolute Gasteiger partial charge is 0.440 e. The molecule has 0 radical (unpaired) electrons. The summed E-state index contributed by atoms with van der Waals surface area (Å²) >= 11 is 0. The summed E-state index contributed by atoms with van der Waals surface area (Å²) < 4.78 is 11.3. The Morgan fingerprint density at radius 1 is 1.06 bits per heavy atom. The molecule has 6 heteroatoms.